The maximum absolute atomic E-state index is 12.0. The largest absolute Gasteiger partial charge is 0.481 e. The number of benzene rings is 1. The highest BCUT2D eigenvalue weighted by atomic mass is 35.5. The van der Waals surface area contributed by atoms with Crippen LogP contribution in [0.3, 0.4) is 0 Å². The van der Waals surface area contributed by atoms with Gasteiger partial charge in [-0.2, -0.15) is 0 Å². The maximum Gasteiger partial charge on any atom is 0.305 e. The molecule has 0 heterocycles. The van der Waals surface area contributed by atoms with Gasteiger partial charge in [0.1, 0.15) is 0 Å². The summed E-state index contributed by atoms with van der Waals surface area (Å²) < 4.78 is 0. The van der Waals surface area contributed by atoms with Gasteiger partial charge in [0.25, 0.3) is 0 Å². The molecule has 0 aromatic heterocycles. The predicted molar refractivity (Wildman–Crippen MR) is 66.9 cm³/mol. The first-order valence-electron chi connectivity index (χ1n) is 5.40. The van der Waals surface area contributed by atoms with Crippen LogP contribution >= 0.6 is 11.6 Å². The van der Waals surface area contributed by atoms with Gasteiger partial charge >= 0.3 is 5.97 Å². The van der Waals surface area contributed by atoms with Crippen LogP contribution in [-0.4, -0.2) is 41.2 Å². The molecule has 0 aliphatic carbocycles. The lowest BCUT2D eigenvalue weighted by Gasteiger charge is -2.15. The Bertz CT molecular complexity index is 419. The first-order valence-corrected chi connectivity index (χ1v) is 5.78. The average molecular weight is 272 g/mol. The topological polar surface area (TPSA) is 86.6 Å². The number of rotatable bonds is 7. The lowest BCUT2D eigenvalue weighted by Crippen LogP contribution is -2.40. The number of halogens is 1. The van der Waals surface area contributed by atoms with Crippen LogP contribution in [-0.2, 0) is 4.79 Å². The molecule has 5 nitrogen and oxygen atoms in total. The van der Waals surface area contributed by atoms with E-state index in [0.717, 1.165) is 0 Å². The molecule has 18 heavy (non-hydrogen) atoms. The quantitative estimate of drug-likeness (QED) is 0.643. The molecular weight excluding hydrogens is 258 g/mol. The third-order valence-electron chi connectivity index (χ3n) is 2.33. The van der Waals surface area contributed by atoms with Gasteiger partial charge in [-0.1, -0.05) is 11.6 Å². The van der Waals surface area contributed by atoms with Crippen molar-refractivity contribution in [3.05, 3.63) is 34.9 Å². The summed E-state index contributed by atoms with van der Waals surface area (Å²) in [6.07, 6.45) is -0.332. The van der Waals surface area contributed by atoms with Gasteiger partial charge in [0.15, 0.2) is 5.78 Å². The summed E-state index contributed by atoms with van der Waals surface area (Å²) in [5.74, 6) is -1.41. The van der Waals surface area contributed by atoms with Crippen LogP contribution in [0.4, 0.5) is 0 Å². The minimum Gasteiger partial charge on any atom is -0.481 e. The Kier molecular flexibility index (Phi) is 5.77. The lowest BCUT2D eigenvalue weighted by atomic mass is 10.0. The molecule has 3 N–H and O–H groups in total. The van der Waals surface area contributed by atoms with E-state index in [2.05, 4.69) is 5.32 Å². The minimum absolute atomic E-state index is 0.163. The van der Waals surface area contributed by atoms with E-state index in [1.807, 2.05) is 0 Å². The number of Topliss-reactive ketones (excluding diaryl/α,β-unsaturated/α-hetero) is 1. The molecule has 0 saturated carbocycles. The van der Waals surface area contributed by atoms with E-state index in [4.69, 9.17) is 21.8 Å². The van der Waals surface area contributed by atoms with Gasteiger partial charge in [0, 0.05) is 17.1 Å². The van der Waals surface area contributed by atoms with Crippen molar-refractivity contribution in [1.82, 2.24) is 5.32 Å². The number of carbonyl (C=O) groups excluding carboxylic acids is 1. The summed E-state index contributed by atoms with van der Waals surface area (Å²) >= 11 is 5.71. The zero-order valence-corrected chi connectivity index (χ0v) is 10.4. The van der Waals surface area contributed by atoms with Crippen molar-refractivity contribution in [2.45, 2.75) is 12.5 Å². The second kappa shape index (κ2) is 7.10. The van der Waals surface area contributed by atoms with Gasteiger partial charge in [0.05, 0.1) is 19.1 Å². The minimum atomic E-state index is -1.08. The fraction of sp³-hybridized carbons (Fsp3) is 0.333. The molecule has 0 saturated heterocycles. The number of aliphatic hydroxyl groups is 1. The fourth-order valence-corrected chi connectivity index (χ4v) is 1.61. The molecular formula is C12H14ClNO4. The predicted octanol–water partition coefficient (Wildman–Crippen LogP) is 0.948. The van der Waals surface area contributed by atoms with Crippen molar-refractivity contribution in [2.75, 3.05) is 13.2 Å². The van der Waals surface area contributed by atoms with Gasteiger partial charge in [-0.05, 0) is 24.3 Å². The molecule has 6 heteroatoms. The summed E-state index contributed by atoms with van der Waals surface area (Å²) in [4.78, 5) is 22.7. The molecule has 1 aromatic carbocycles. The fourth-order valence-electron chi connectivity index (χ4n) is 1.49. The number of aliphatic carboxylic acids is 1. The van der Waals surface area contributed by atoms with Gasteiger partial charge in [-0.3, -0.25) is 9.59 Å². The molecule has 0 fully saturated rings. The number of carboxylic acids is 1. The first kappa shape index (κ1) is 14.6. The molecule has 0 spiro atoms. The number of hydrogen-bond donors (Lipinski definition) is 3. The number of hydrogen-bond acceptors (Lipinski definition) is 4. The number of nitrogens with one attached hydrogen (secondary N) is 1. The highest BCUT2D eigenvalue weighted by Crippen LogP contribution is 2.12. The molecule has 1 rings (SSSR count). The highest BCUT2D eigenvalue weighted by molar-refractivity contribution is 6.30. The molecule has 0 aliphatic heterocycles. The second-order valence-corrected chi connectivity index (χ2v) is 4.14. The monoisotopic (exact) mass is 271 g/mol. The van der Waals surface area contributed by atoms with Crippen LogP contribution in [0.5, 0.6) is 0 Å². The second-order valence-electron chi connectivity index (χ2n) is 3.70. The van der Waals surface area contributed by atoms with E-state index in [1.54, 1.807) is 24.3 Å². The van der Waals surface area contributed by atoms with Crippen LogP contribution in [0.2, 0.25) is 5.02 Å². The van der Waals surface area contributed by atoms with Gasteiger partial charge < -0.3 is 15.5 Å². The zero-order valence-electron chi connectivity index (χ0n) is 9.60. The number of carbonyl (C=O) groups is 2. The van der Waals surface area contributed by atoms with E-state index in [1.165, 1.54) is 0 Å². The number of carboxylic acid groups (broad SMARTS) is 1. The number of ketones is 1. The average Bonchev–Trinajstić information content (AvgIpc) is 2.34. The Morgan fingerprint density at radius 2 is 1.89 bits per heavy atom. The van der Waals surface area contributed by atoms with E-state index >= 15 is 0 Å². The SMILES string of the molecule is O=C(O)CC(NCCO)C(=O)c1ccc(Cl)cc1. The van der Waals surface area contributed by atoms with E-state index < -0.39 is 12.0 Å². The van der Waals surface area contributed by atoms with E-state index in [9.17, 15) is 9.59 Å². The maximum atomic E-state index is 12.0. The van der Waals surface area contributed by atoms with Crippen molar-refractivity contribution >= 4 is 23.4 Å². The van der Waals surface area contributed by atoms with Crippen LogP contribution in [0.15, 0.2) is 24.3 Å². The molecule has 0 radical (unpaired) electrons. The molecule has 0 amide bonds. The Hall–Kier alpha value is -1.43. The van der Waals surface area contributed by atoms with Crippen LogP contribution in [0, 0.1) is 0 Å². The summed E-state index contributed by atoms with van der Waals surface area (Å²) in [7, 11) is 0. The normalized spacial score (nSPS) is 12.1. The van der Waals surface area contributed by atoms with E-state index in [-0.39, 0.29) is 25.4 Å². The van der Waals surface area contributed by atoms with Gasteiger partial charge in [-0.15, -0.1) is 0 Å². The Balaban J connectivity index is 2.80. The van der Waals surface area contributed by atoms with Crippen molar-refractivity contribution in [3.63, 3.8) is 0 Å². The zero-order chi connectivity index (χ0) is 13.5. The van der Waals surface area contributed by atoms with Crippen molar-refractivity contribution in [3.8, 4) is 0 Å². The smallest absolute Gasteiger partial charge is 0.305 e. The summed E-state index contributed by atoms with van der Waals surface area (Å²) in [6.45, 7) is 0.00128. The van der Waals surface area contributed by atoms with Crippen LogP contribution in [0.25, 0.3) is 0 Å². The Morgan fingerprint density at radius 1 is 1.28 bits per heavy atom. The lowest BCUT2D eigenvalue weighted by molar-refractivity contribution is -0.137. The summed E-state index contributed by atoms with van der Waals surface area (Å²) in [6, 6.07) is 5.37. The first-order chi connectivity index (χ1) is 8.54. The third-order valence-corrected chi connectivity index (χ3v) is 2.58. The molecule has 1 unspecified atom stereocenters. The Morgan fingerprint density at radius 3 is 2.39 bits per heavy atom. The Labute approximate surface area is 109 Å². The molecule has 0 aliphatic rings. The third kappa shape index (κ3) is 4.44. The highest BCUT2D eigenvalue weighted by Gasteiger charge is 2.22. The molecule has 98 valence electrons. The standard InChI is InChI=1S/C12H14ClNO4/c13-9-3-1-8(2-4-9)12(18)10(7-11(16)17)14-5-6-15/h1-4,10,14-15H,5-7H2,(H,16,17). The molecule has 0 bridgehead atoms. The number of aliphatic hydroxyl groups excluding tert-OH is 1. The van der Waals surface area contributed by atoms with Crippen molar-refractivity contribution < 1.29 is 19.8 Å². The van der Waals surface area contributed by atoms with E-state index in [0.29, 0.717) is 10.6 Å². The van der Waals surface area contributed by atoms with Gasteiger partial charge in [0.2, 0.25) is 0 Å². The van der Waals surface area contributed by atoms with Gasteiger partial charge in [-0.25, -0.2) is 0 Å². The molecule has 1 aromatic rings. The van der Waals surface area contributed by atoms with Crippen LogP contribution < -0.4 is 5.32 Å². The van der Waals surface area contributed by atoms with Crippen molar-refractivity contribution in [1.29, 1.82) is 0 Å². The molecule has 1 atom stereocenters. The van der Waals surface area contributed by atoms with Crippen LogP contribution in [0.1, 0.15) is 16.8 Å². The van der Waals surface area contributed by atoms with Crippen molar-refractivity contribution in [2.24, 2.45) is 0 Å². The summed E-state index contributed by atoms with van der Waals surface area (Å²) in [5, 5.41) is 20.7. The summed E-state index contributed by atoms with van der Waals surface area (Å²) in [5.41, 5.74) is 0.385.